The Bertz CT molecular complexity index is 545. The van der Waals surface area contributed by atoms with E-state index in [2.05, 4.69) is 10.3 Å². The number of pyridine rings is 1. The third-order valence-corrected chi connectivity index (χ3v) is 2.66. The summed E-state index contributed by atoms with van der Waals surface area (Å²) in [5.74, 6) is -0.0350. The Hall–Kier alpha value is -2.43. The van der Waals surface area contributed by atoms with E-state index in [9.17, 15) is 4.79 Å². The van der Waals surface area contributed by atoms with E-state index in [1.807, 2.05) is 13.0 Å². The summed E-state index contributed by atoms with van der Waals surface area (Å²) in [6, 6.07) is 5.40. The highest BCUT2D eigenvalue weighted by Crippen LogP contribution is 2.07. The zero-order valence-corrected chi connectivity index (χ0v) is 11.8. The molecule has 0 fully saturated rings. The molecule has 112 valence electrons. The summed E-state index contributed by atoms with van der Waals surface area (Å²) in [5, 5.41) is 29.7. The highest BCUT2D eigenvalue weighted by Gasteiger charge is 2.17. The van der Waals surface area contributed by atoms with E-state index in [-0.39, 0.29) is 31.9 Å². The number of nitriles is 1. The van der Waals surface area contributed by atoms with Crippen LogP contribution in [-0.2, 0) is 4.79 Å². The molecule has 7 heteroatoms. The maximum absolute atomic E-state index is 12.1. The van der Waals surface area contributed by atoms with Gasteiger partial charge in [-0.05, 0) is 24.6 Å². The van der Waals surface area contributed by atoms with Crippen LogP contribution in [0.1, 0.15) is 5.56 Å². The van der Waals surface area contributed by atoms with Crippen LogP contribution in [0, 0.1) is 18.3 Å². The topological polar surface area (TPSA) is 109 Å². The van der Waals surface area contributed by atoms with Crippen molar-refractivity contribution in [1.82, 2.24) is 9.88 Å². The van der Waals surface area contributed by atoms with Crippen molar-refractivity contribution in [3.8, 4) is 6.07 Å². The molecule has 0 unspecified atom stereocenters. The average molecular weight is 290 g/mol. The van der Waals surface area contributed by atoms with Gasteiger partial charge in [-0.2, -0.15) is 5.26 Å². The Labute approximate surface area is 123 Å². The summed E-state index contributed by atoms with van der Waals surface area (Å²) < 4.78 is 0. The van der Waals surface area contributed by atoms with Gasteiger partial charge in [-0.25, -0.2) is 4.98 Å². The van der Waals surface area contributed by atoms with Crippen LogP contribution in [-0.4, -0.2) is 52.3 Å². The third-order valence-electron chi connectivity index (χ3n) is 2.66. The maximum atomic E-state index is 12.1. The Balaban J connectivity index is 2.83. The normalized spacial score (nSPS) is 10.9. The second-order valence-corrected chi connectivity index (χ2v) is 4.27. The molecule has 0 atom stereocenters. The Morgan fingerprint density at radius 3 is 2.67 bits per heavy atom. The number of carbonyl (C=O) groups is 1. The minimum atomic E-state index is -0.555. The van der Waals surface area contributed by atoms with Crippen molar-refractivity contribution in [3.63, 3.8) is 0 Å². The van der Waals surface area contributed by atoms with Gasteiger partial charge in [-0.15, -0.1) is 0 Å². The van der Waals surface area contributed by atoms with Gasteiger partial charge in [0, 0.05) is 25.5 Å². The molecule has 0 radical (unpaired) electrons. The highest BCUT2D eigenvalue weighted by atomic mass is 16.3. The lowest BCUT2D eigenvalue weighted by atomic mass is 10.2. The monoisotopic (exact) mass is 290 g/mol. The molecule has 1 heterocycles. The number of aromatic nitrogens is 1. The molecule has 1 amide bonds. The van der Waals surface area contributed by atoms with Crippen LogP contribution in [0.5, 0.6) is 0 Å². The van der Waals surface area contributed by atoms with E-state index in [1.54, 1.807) is 18.3 Å². The number of anilines is 1. The first-order valence-electron chi connectivity index (χ1n) is 6.42. The molecule has 0 saturated heterocycles. The van der Waals surface area contributed by atoms with Crippen molar-refractivity contribution in [3.05, 3.63) is 35.7 Å². The molecule has 1 aromatic rings. The summed E-state index contributed by atoms with van der Waals surface area (Å²) in [5.41, 5.74) is 0.869. The number of carbonyl (C=O) groups excluding carboxylic acids is 1. The number of nitrogens with one attached hydrogen (secondary N) is 1. The van der Waals surface area contributed by atoms with Gasteiger partial charge in [0.2, 0.25) is 0 Å². The summed E-state index contributed by atoms with van der Waals surface area (Å²) in [7, 11) is 0. The number of hydrogen-bond donors (Lipinski definition) is 3. The Morgan fingerprint density at radius 2 is 2.14 bits per heavy atom. The van der Waals surface area contributed by atoms with E-state index >= 15 is 0 Å². The summed E-state index contributed by atoms with van der Waals surface area (Å²) in [4.78, 5) is 17.4. The number of amides is 1. The number of nitrogens with zero attached hydrogens (tertiary/aromatic N) is 3. The van der Waals surface area contributed by atoms with Crippen LogP contribution in [0.25, 0.3) is 0 Å². The van der Waals surface area contributed by atoms with Crippen LogP contribution >= 0.6 is 0 Å². The molecular weight excluding hydrogens is 272 g/mol. The van der Waals surface area contributed by atoms with Gasteiger partial charge >= 0.3 is 0 Å². The standard InChI is InChI=1S/C14H18N4O3/c1-11-2-3-16-13(8-11)17-10-12(9-15)14(21)18(4-6-19)5-7-20/h2-3,8,10,19-20H,4-7H2,1H3,(H,16,17)/b12-10-. The number of aliphatic hydroxyl groups is 2. The lowest BCUT2D eigenvalue weighted by Crippen LogP contribution is -2.36. The van der Waals surface area contributed by atoms with Crippen LogP contribution in [0.4, 0.5) is 5.82 Å². The number of hydrogen-bond acceptors (Lipinski definition) is 6. The maximum Gasteiger partial charge on any atom is 0.266 e. The SMILES string of the molecule is Cc1ccnc(N/C=C(/C#N)C(=O)N(CCO)CCO)c1. The Kier molecular flexibility index (Phi) is 6.87. The lowest BCUT2D eigenvalue weighted by molar-refractivity contribution is -0.127. The van der Waals surface area contributed by atoms with E-state index < -0.39 is 5.91 Å². The second kappa shape index (κ2) is 8.68. The van der Waals surface area contributed by atoms with Crippen LogP contribution in [0.15, 0.2) is 30.1 Å². The first kappa shape index (κ1) is 16.6. The third kappa shape index (κ3) is 5.22. The minimum absolute atomic E-state index is 0.0567. The first-order valence-corrected chi connectivity index (χ1v) is 6.42. The molecular formula is C14H18N4O3. The van der Waals surface area contributed by atoms with Gasteiger partial charge in [0.05, 0.1) is 13.2 Å². The zero-order chi connectivity index (χ0) is 15.7. The number of aliphatic hydroxyl groups excluding tert-OH is 2. The highest BCUT2D eigenvalue weighted by molar-refractivity contribution is 5.97. The van der Waals surface area contributed by atoms with Crippen molar-refractivity contribution >= 4 is 11.7 Å². The fourth-order valence-electron chi connectivity index (χ4n) is 1.63. The van der Waals surface area contributed by atoms with Crippen LogP contribution < -0.4 is 5.32 Å². The van der Waals surface area contributed by atoms with E-state index in [4.69, 9.17) is 15.5 Å². The van der Waals surface area contributed by atoms with Gasteiger partial charge < -0.3 is 20.4 Å². The van der Waals surface area contributed by atoms with E-state index in [1.165, 1.54) is 11.1 Å². The van der Waals surface area contributed by atoms with Crippen molar-refractivity contribution in [2.45, 2.75) is 6.92 Å². The van der Waals surface area contributed by atoms with Gasteiger partial charge in [-0.1, -0.05) is 0 Å². The molecule has 0 bridgehead atoms. The predicted octanol–water partition coefficient (Wildman–Crippen LogP) is 0.0226. The van der Waals surface area contributed by atoms with Crippen molar-refractivity contribution in [2.24, 2.45) is 0 Å². The average Bonchev–Trinajstić information content (AvgIpc) is 2.47. The van der Waals surface area contributed by atoms with Crippen molar-refractivity contribution < 1.29 is 15.0 Å². The largest absolute Gasteiger partial charge is 0.395 e. The van der Waals surface area contributed by atoms with Gasteiger partial charge in [0.25, 0.3) is 5.91 Å². The zero-order valence-electron chi connectivity index (χ0n) is 11.8. The van der Waals surface area contributed by atoms with Crippen LogP contribution in [0.2, 0.25) is 0 Å². The van der Waals surface area contributed by atoms with Gasteiger partial charge in [-0.3, -0.25) is 4.79 Å². The fourth-order valence-corrected chi connectivity index (χ4v) is 1.63. The van der Waals surface area contributed by atoms with Crippen molar-refractivity contribution in [1.29, 1.82) is 5.26 Å². The van der Waals surface area contributed by atoms with Gasteiger partial charge in [0.1, 0.15) is 17.5 Å². The molecule has 21 heavy (non-hydrogen) atoms. The first-order chi connectivity index (χ1) is 10.1. The molecule has 1 aromatic heterocycles. The number of rotatable bonds is 7. The molecule has 3 N–H and O–H groups in total. The second-order valence-electron chi connectivity index (χ2n) is 4.27. The molecule has 7 nitrogen and oxygen atoms in total. The molecule has 1 rings (SSSR count). The molecule has 0 aliphatic carbocycles. The summed E-state index contributed by atoms with van der Waals surface area (Å²) >= 11 is 0. The smallest absolute Gasteiger partial charge is 0.266 e. The fraction of sp³-hybridized carbons (Fsp3) is 0.357. The Morgan fingerprint density at radius 1 is 1.48 bits per heavy atom. The molecule has 0 aliphatic heterocycles. The molecule has 0 aliphatic rings. The van der Waals surface area contributed by atoms with Crippen LogP contribution in [0.3, 0.4) is 0 Å². The van der Waals surface area contributed by atoms with E-state index in [0.717, 1.165) is 5.56 Å². The molecule has 0 spiro atoms. The lowest BCUT2D eigenvalue weighted by Gasteiger charge is -2.19. The predicted molar refractivity (Wildman–Crippen MR) is 77.0 cm³/mol. The molecule has 0 aromatic carbocycles. The van der Waals surface area contributed by atoms with Crippen molar-refractivity contribution in [2.75, 3.05) is 31.6 Å². The quantitative estimate of drug-likeness (QED) is 0.482. The van der Waals surface area contributed by atoms with E-state index in [0.29, 0.717) is 5.82 Å². The summed E-state index contributed by atoms with van der Waals surface area (Å²) in [6.07, 6.45) is 2.88. The van der Waals surface area contributed by atoms with Gasteiger partial charge in [0.15, 0.2) is 0 Å². The molecule has 0 saturated carbocycles. The number of aryl methyl sites for hydroxylation is 1. The summed E-state index contributed by atoms with van der Waals surface area (Å²) in [6.45, 7) is 1.54. The minimum Gasteiger partial charge on any atom is -0.395 e.